The van der Waals surface area contributed by atoms with E-state index in [1.165, 1.54) is 68.9 Å². The van der Waals surface area contributed by atoms with Crippen molar-refractivity contribution in [3.63, 3.8) is 0 Å². The lowest BCUT2D eigenvalue weighted by Crippen LogP contribution is -2.52. The number of esters is 2. The van der Waals surface area contributed by atoms with Gasteiger partial charge in [-0.15, -0.1) is 0 Å². The predicted molar refractivity (Wildman–Crippen MR) is 272 cm³/mol. The Bertz CT molecular complexity index is 1990. The first kappa shape index (κ1) is 64.1. The second-order valence-electron chi connectivity index (χ2n) is 19.0. The maximum absolute atomic E-state index is 13.3. The lowest BCUT2D eigenvalue weighted by Gasteiger charge is -2.40. The molecule has 2 aliphatic rings. The number of nitrogens with zero attached hydrogens (tertiary/aromatic N) is 2. The number of carbonyl (C=O) groups excluding carboxylic acids is 2. The molecule has 0 spiro atoms. The number of phosphoric ester groups is 2. The minimum absolute atomic E-state index is 0.0189. The molecule has 3 heterocycles. The molecule has 0 saturated carbocycles. The summed E-state index contributed by atoms with van der Waals surface area (Å²) < 4.78 is 58.8. The fraction of sp³-hybridized carbons (Fsp3) is 0.760. The van der Waals surface area contributed by atoms with Gasteiger partial charge in [0.05, 0.1) is 44.1 Å². The van der Waals surface area contributed by atoms with Crippen LogP contribution >= 0.6 is 15.6 Å². The molecular formula is C50H85N3O18P2. The van der Waals surface area contributed by atoms with Gasteiger partial charge < -0.3 is 55.3 Å². The van der Waals surface area contributed by atoms with Crippen LogP contribution in [0.4, 0.5) is 5.82 Å². The van der Waals surface area contributed by atoms with Gasteiger partial charge in [0.15, 0.2) is 6.10 Å². The SMILES string of the molecule is CCCCCCCC/C=C\CCCCCCCCCC(=O)O[C@@H]1COC(=O)C/C=C\C[C@H]2[C@H](n3ccc(N)nc3=O)O[C@H](COP(=O)(O)OP(=O)(O)OC1)[C@@H](O)[C@@H](O)[C@@H](/C=C/[C@H](O)CCCCC)[C@H](O)C[C@@H]2O. The Balaban J connectivity index is 1.76. The smallest absolute Gasteiger partial charge is 0.461 e. The third-order valence-electron chi connectivity index (χ3n) is 12.8. The van der Waals surface area contributed by atoms with Crippen LogP contribution in [0.5, 0.6) is 0 Å². The van der Waals surface area contributed by atoms with E-state index in [-0.39, 0.29) is 25.1 Å². The van der Waals surface area contributed by atoms with Crippen LogP contribution in [0.25, 0.3) is 0 Å². The van der Waals surface area contributed by atoms with Crippen LogP contribution in [0.1, 0.15) is 168 Å². The Hall–Kier alpha value is -3.14. The van der Waals surface area contributed by atoms with Crippen LogP contribution in [0.3, 0.4) is 0 Å². The minimum atomic E-state index is -5.70. The normalized spacial score (nSPS) is 30.3. The summed E-state index contributed by atoms with van der Waals surface area (Å²) in [5.74, 6) is -4.44. The predicted octanol–water partition coefficient (Wildman–Crippen LogP) is 7.16. The molecule has 12 atom stereocenters. The number of hydrogen-bond acceptors (Lipinski definition) is 18. The second kappa shape index (κ2) is 35.2. The van der Waals surface area contributed by atoms with Gasteiger partial charge >= 0.3 is 33.3 Å². The zero-order chi connectivity index (χ0) is 53.7. The number of aliphatic hydroxyl groups excluding tert-OH is 5. The number of phosphoric acid groups is 2. The first-order valence-corrected chi connectivity index (χ1v) is 29.2. The van der Waals surface area contributed by atoms with Gasteiger partial charge in [-0.1, -0.05) is 134 Å². The number of hydrogen-bond donors (Lipinski definition) is 8. The molecule has 0 aromatic carbocycles. The van der Waals surface area contributed by atoms with Gasteiger partial charge in [0.1, 0.15) is 30.9 Å². The maximum atomic E-state index is 13.3. The maximum Gasteiger partial charge on any atom is 0.481 e. The number of nitrogens with two attached hydrogens (primary N) is 1. The van der Waals surface area contributed by atoms with Crippen molar-refractivity contribution in [2.24, 2.45) is 11.8 Å². The molecule has 23 heteroatoms. The summed E-state index contributed by atoms with van der Waals surface area (Å²) in [7, 11) is -11.3. The second-order valence-corrected chi connectivity index (χ2v) is 22.0. The standard InChI is InChI=1S/C50H85N3O18P2/c1-3-5-7-8-9-10-11-12-13-14-15-16-17-18-19-20-22-28-46(58)69-38-34-66-45(57)27-24-23-26-40-42(56)33-41(55)39(30-29-37(54)25-21-6-4-2)47(59)48(60)43(36-68-73(64,65)71-72(62,63)67-35-38)70-49(40)53-32-31-44(51)52-50(53)61/h12-13,23-24,29-32,37-43,47-49,54-56,59-60H,3-11,14-22,25-28,33-36H2,1-2H3,(H,62,63)(H,64,65)(H2,51,52,61)/b13-12-,24-23-,30-29+/t37-,38-,39+,40-,41-,42+,43-,47+,48-,49-/m1/s1. The summed E-state index contributed by atoms with van der Waals surface area (Å²) in [6.45, 7) is 1.41. The van der Waals surface area contributed by atoms with Gasteiger partial charge in [0.25, 0.3) is 0 Å². The molecular weight excluding hydrogens is 993 g/mol. The lowest BCUT2D eigenvalue weighted by atomic mass is 9.82. The van der Waals surface area contributed by atoms with Gasteiger partial charge in [-0.25, -0.2) is 13.9 Å². The summed E-state index contributed by atoms with van der Waals surface area (Å²) in [6, 6.07) is 1.22. The quantitative estimate of drug-likeness (QED) is 0.0208. The molecule has 1 aromatic heterocycles. The molecule has 3 rings (SSSR count). The molecule has 9 N–H and O–H groups in total. The number of anilines is 1. The van der Waals surface area contributed by atoms with Crippen molar-refractivity contribution < 1.29 is 81.6 Å². The van der Waals surface area contributed by atoms with Crippen LogP contribution in [-0.4, -0.2) is 119 Å². The molecule has 21 nitrogen and oxygen atoms in total. The van der Waals surface area contributed by atoms with Gasteiger partial charge in [-0.05, 0) is 51.0 Å². The Morgan fingerprint density at radius 3 is 2.07 bits per heavy atom. The number of nitrogen functional groups attached to an aromatic ring is 1. The van der Waals surface area contributed by atoms with E-state index in [1.54, 1.807) is 0 Å². The molecule has 1 aromatic rings. The first-order valence-electron chi connectivity index (χ1n) is 26.3. The van der Waals surface area contributed by atoms with Crippen molar-refractivity contribution in [1.82, 2.24) is 9.55 Å². The zero-order valence-corrected chi connectivity index (χ0v) is 44.6. The number of aliphatic hydroxyl groups is 5. The third-order valence-corrected chi connectivity index (χ3v) is 15.4. The molecule has 1 saturated heterocycles. The average molecular weight is 1080 g/mol. The number of unbranched alkanes of at least 4 members (excludes halogenated alkanes) is 15. The number of carbonyl (C=O) groups is 2. The summed E-state index contributed by atoms with van der Waals surface area (Å²) in [6.07, 6.45) is 15.6. The van der Waals surface area contributed by atoms with Gasteiger partial charge in [-0.2, -0.15) is 9.29 Å². The molecule has 0 amide bonds. The van der Waals surface area contributed by atoms with E-state index in [2.05, 4.69) is 28.4 Å². The molecule has 0 aliphatic carbocycles. The van der Waals surface area contributed by atoms with Crippen molar-refractivity contribution in [3.05, 3.63) is 59.2 Å². The van der Waals surface area contributed by atoms with E-state index in [1.807, 2.05) is 6.92 Å². The number of allylic oxidation sites excluding steroid dienone is 3. The van der Waals surface area contributed by atoms with E-state index >= 15 is 0 Å². The molecule has 73 heavy (non-hydrogen) atoms. The molecule has 2 unspecified atom stereocenters. The number of ether oxygens (including phenoxy) is 3. The van der Waals surface area contributed by atoms with Crippen LogP contribution in [-0.2, 0) is 46.3 Å². The van der Waals surface area contributed by atoms with Gasteiger partial charge in [-0.3, -0.25) is 23.2 Å². The van der Waals surface area contributed by atoms with E-state index in [0.717, 1.165) is 75.0 Å². The van der Waals surface area contributed by atoms with Crippen LogP contribution in [0.2, 0.25) is 0 Å². The van der Waals surface area contributed by atoms with Crippen molar-refractivity contribution in [2.45, 2.75) is 210 Å². The van der Waals surface area contributed by atoms with E-state index in [9.17, 15) is 58.8 Å². The Morgan fingerprint density at radius 1 is 0.822 bits per heavy atom. The van der Waals surface area contributed by atoms with Crippen molar-refractivity contribution >= 4 is 33.4 Å². The van der Waals surface area contributed by atoms with Crippen LogP contribution < -0.4 is 11.4 Å². The topological polar surface area (TPSA) is 326 Å². The fourth-order valence-corrected chi connectivity index (χ4v) is 10.7. The average Bonchev–Trinajstić information content (AvgIpc) is 3.33. The Morgan fingerprint density at radius 2 is 1.42 bits per heavy atom. The fourth-order valence-electron chi connectivity index (χ4n) is 8.56. The highest BCUT2D eigenvalue weighted by molar-refractivity contribution is 7.61. The van der Waals surface area contributed by atoms with Crippen molar-refractivity contribution in [2.75, 3.05) is 25.6 Å². The zero-order valence-electron chi connectivity index (χ0n) is 42.8. The van der Waals surface area contributed by atoms with Crippen molar-refractivity contribution in [3.8, 4) is 0 Å². The summed E-state index contributed by atoms with van der Waals surface area (Å²) in [5, 5.41) is 57.3. The highest BCUT2D eigenvalue weighted by atomic mass is 31.3. The van der Waals surface area contributed by atoms with Crippen LogP contribution in [0.15, 0.2) is 53.5 Å². The first-order chi connectivity index (χ1) is 34.9. The van der Waals surface area contributed by atoms with E-state index < -0.39 is 120 Å². The number of fused-ring (bicyclic) bond motifs is 3. The summed E-state index contributed by atoms with van der Waals surface area (Å²) >= 11 is 0. The minimum Gasteiger partial charge on any atom is -0.461 e. The largest absolute Gasteiger partial charge is 0.481 e. The van der Waals surface area contributed by atoms with Crippen molar-refractivity contribution in [1.29, 1.82) is 0 Å². The van der Waals surface area contributed by atoms with E-state index in [4.69, 9.17) is 29.0 Å². The summed E-state index contributed by atoms with van der Waals surface area (Å²) in [5.41, 5.74) is 4.73. The molecule has 418 valence electrons. The van der Waals surface area contributed by atoms with Gasteiger partial charge in [0.2, 0.25) is 0 Å². The van der Waals surface area contributed by atoms with Gasteiger partial charge in [0, 0.05) is 30.9 Å². The number of cyclic esters (lactones) is 1. The number of rotatable bonds is 25. The Kier molecular flexibility index (Phi) is 31.0. The lowest BCUT2D eigenvalue weighted by molar-refractivity contribution is -0.194. The third kappa shape index (κ3) is 26.0. The summed E-state index contributed by atoms with van der Waals surface area (Å²) in [4.78, 5) is 64.2. The van der Waals surface area contributed by atoms with Crippen LogP contribution in [0, 0.1) is 11.8 Å². The molecule has 2 aliphatic heterocycles. The monoisotopic (exact) mass is 1080 g/mol. The molecule has 0 radical (unpaired) electrons. The molecule has 1 fully saturated rings. The molecule has 2 bridgehead atoms. The number of aromatic nitrogens is 2. The van der Waals surface area contributed by atoms with E-state index in [0.29, 0.717) is 19.3 Å². The highest BCUT2D eigenvalue weighted by Gasteiger charge is 2.45. The Labute approximate surface area is 430 Å². The highest BCUT2D eigenvalue weighted by Crippen LogP contribution is 2.60.